The van der Waals surface area contributed by atoms with Gasteiger partial charge in [0.1, 0.15) is 0 Å². The van der Waals surface area contributed by atoms with Crippen LogP contribution in [0.25, 0.3) is 0 Å². The van der Waals surface area contributed by atoms with Crippen LogP contribution >= 0.6 is 0 Å². The maximum Gasteiger partial charge on any atom is 0.412 e. The first-order chi connectivity index (χ1) is 9.77. The second kappa shape index (κ2) is 5.59. The first-order valence-electron chi connectivity index (χ1n) is 6.15. The summed E-state index contributed by atoms with van der Waals surface area (Å²) in [5, 5.41) is 5.40. The molecule has 1 aromatic heterocycles. The molecule has 1 atom stereocenters. The average molecular weight is 298 g/mol. The highest BCUT2D eigenvalue weighted by molar-refractivity contribution is 5.91. The molecule has 2 rings (SSSR count). The first kappa shape index (κ1) is 15.1. The number of alkyl halides is 3. The fraction of sp³-hybridized carbons (Fsp3) is 0.286. The molecule has 1 N–H and O–H groups in total. The molecule has 0 aliphatic carbocycles. The molecular formula is C14H13F3N2O2. The van der Waals surface area contributed by atoms with Gasteiger partial charge in [0.2, 0.25) is 5.76 Å². The van der Waals surface area contributed by atoms with Gasteiger partial charge in [-0.1, -0.05) is 35.0 Å². The lowest BCUT2D eigenvalue weighted by Gasteiger charge is -2.21. The molecule has 0 aliphatic heterocycles. The molecule has 0 saturated carbocycles. The van der Waals surface area contributed by atoms with Crippen LogP contribution in [0.5, 0.6) is 0 Å². The Morgan fingerprint density at radius 2 is 1.86 bits per heavy atom. The summed E-state index contributed by atoms with van der Waals surface area (Å²) in [6, 6.07) is 4.95. The topological polar surface area (TPSA) is 55.1 Å². The number of aryl methyl sites for hydroxylation is 2. The zero-order chi connectivity index (χ0) is 15.6. The van der Waals surface area contributed by atoms with E-state index < -0.39 is 18.1 Å². The standard InChI is InChI=1S/C14H13F3N2O2/c1-8-3-5-10(6-4-8)12(14(15,16)17)18-13(20)11-7-9(2)19-21-11/h3-7,12H,1-2H3,(H,18,20)/t12-/m0/s1. The van der Waals surface area contributed by atoms with Crippen LogP contribution in [0.2, 0.25) is 0 Å². The summed E-state index contributed by atoms with van der Waals surface area (Å²) in [6.45, 7) is 3.34. The van der Waals surface area contributed by atoms with Gasteiger partial charge in [-0.2, -0.15) is 13.2 Å². The van der Waals surface area contributed by atoms with Gasteiger partial charge in [-0.25, -0.2) is 0 Å². The number of rotatable bonds is 3. The number of carbonyl (C=O) groups excluding carboxylic acids is 1. The molecule has 0 aliphatic rings. The van der Waals surface area contributed by atoms with Gasteiger partial charge >= 0.3 is 6.18 Å². The van der Waals surface area contributed by atoms with Gasteiger partial charge in [0.25, 0.3) is 5.91 Å². The minimum absolute atomic E-state index is 0.0438. The lowest BCUT2D eigenvalue weighted by molar-refractivity contribution is -0.155. The highest BCUT2D eigenvalue weighted by atomic mass is 19.4. The maximum atomic E-state index is 13.1. The smallest absolute Gasteiger partial charge is 0.351 e. The predicted octanol–water partition coefficient (Wildman–Crippen LogP) is 3.32. The van der Waals surface area contributed by atoms with Crippen LogP contribution in [0.15, 0.2) is 34.9 Å². The minimum atomic E-state index is -4.61. The van der Waals surface area contributed by atoms with Crippen molar-refractivity contribution in [3.8, 4) is 0 Å². The van der Waals surface area contributed by atoms with E-state index in [0.29, 0.717) is 5.69 Å². The third-order valence-corrected chi connectivity index (χ3v) is 2.87. The SMILES string of the molecule is Cc1ccc([C@H](NC(=O)c2cc(C)no2)C(F)(F)F)cc1. The van der Waals surface area contributed by atoms with E-state index in [2.05, 4.69) is 9.68 Å². The number of benzene rings is 1. The zero-order valence-corrected chi connectivity index (χ0v) is 11.4. The van der Waals surface area contributed by atoms with Crippen LogP contribution in [-0.2, 0) is 0 Å². The van der Waals surface area contributed by atoms with Crippen molar-refractivity contribution in [1.29, 1.82) is 0 Å². The molecule has 4 nitrogen and oxygen atoms in total. The van der Waals surface area contributed by atoms with Gasteiger partial charge in [-0.3, -0.25) is 4.79 Å². The molecule has 1 heterocycles. The second-order valence-electron chi connectivity index (χ2n) is 4.69. The van der Waals surface area contributed by atoms with Gasteiger partial charge in [0.05, 0.1) is 5.69 Å². The highest BCUT2D eigenvalue weighted by Gasteiger charge is 2.42. The van der Waals surface area contributed by atoms with Gasteiger partial charge in [0.15, 0.2) is 6.04 Å². The lowest BCUT2D eigenvalue weighted by atomic mass is 10.0. The van der Waals surface area contributed by atoms with Crippen molar-refractivity contribution < 1.29 is 22.5 Å². The van der Waals surface area contributed by atoms with Gasteiger partial charge < -0.3 is 9.84 Å². The fourth-order valence-electron chi connectivity index (χ4n) is 1.79. The normalized spacial score (nSPS) is 13.0. The Bertz CT molecular complexity index is 632. The van der Waals surface area contributed by atoms with E-state index >= 15 is 0 Å². The van der Waals surface area contributed by atoms with Crippen molar-refractivity contribution in [2.24, 2.45) is 0 Å². The molecule has 0 saturated heterocycles. The molecule has 21 heavy (non-hydrogen) atoms. The Labute approximate surface area is 118 Å². The van der Waals surface area contributed by atoms with Gasteiger partial charge in [-0.15, -0.1) is 0 Å². The van der Waals surface area contributed by atoms with E-state index in [-0.39, 0.29) is 11.3 Å². The molecule has 0 radical (unpaired) electrons. The van der Waals surface area contributed by atoms with E-state index in [4.69, 9.17) is 0 Å². The van der Waals surface area contributed by atoms with Crippen molar-refractivity contribution in [2.75, 3.05) is 0 Å². The Morgan fingerprint density at radius 1 is 1.24 bits per heavy atom. The Hall–Kier alpha value is -2.31. The van der Waals surface area contributed by atoms with E-state index in [0.717, 1.165) is 5.56 Å². The van der Waals surface area contributed by atoms with Crippen LogP contribution in [-0.4, -0.2) is 17.2 Å². The number of hydrogen-bond acceptors (Lipinski definition) is 3. The van der Waals surface area contributed by atoms with Crippen molar-refractivity contribution >= 4 is 5.91 Å². The number of hydrogen-bond donors (Lipinski definition) is 1. The lowest BCUT2D eigenvalue weighted by Crippen LogP contribution is -2.38. The monoisotopic (exact) mass is 298 g/mol. The van der Waals surface area contributed by atoms with Crippen LogP contribution in [0.3, 0.4) is 0 Å². The zero-order valence-electron chi connectivity index (χ0n) is 11.4. The first-order valence-corrected chi connectivity index (χ1v) is 6.15. The summed E-state index contributed by atoms with van der Waals surface area (Å²) in [4.78, 5) is 11.8. The van der Waals surface area contributed by atoms with Crippen molar-refractivity contribution in [3.63, 3.8) is 0 Å². The quantitative estimate of drug-likeness (QED) is 0.945. The second-order valence-corrected chi connectivity index (χ2v) is 4.69. The largest absolute Gasteiger partial charge is 0.412 e. The minimum Gasteiger partial charge on any atom is -0.351 e. The molecule has 1 amide bonds. The van der Waals surface area contributed by atoms with Gasteiger partial charge in [-0.05, 0) is 19.4 Å². The maximum absolute atomic E-state index is 13.1. The number of amides is 1. The number of nitrogens with zero attached hydrogens (tertiary/aromatic N) is 1. The molecular weight excluding hydrogens is 285 g/mol. The van der Waals surface area contributed by atoms with Crippen LogP contribution < -0.4 is 5.32 Å². The van der Waals surface area contributed by atoms with Crippen LogP contribution in [0, 0.1) is 13.8 Å². The van der Waals surface area contributed by atoms with E-state index in [9.17, 15) is 18.0 Å². The molecule has 112 valence electrons. The third kappa shape index (κ3) is 3.62. The average Bonchev–Trinajstić information content (AvgIpc) is 2.82. The summed E-state index contributed by atoms with van der Waals surface area (Å²) in [6.07, 6.45) is -4.61. The van der Waals surface area contributed by atoms with Gasteiger partial charge in [0, 0.05) is 6.07 Å². The third-order valence-electron chi connectivity index (χ3n) is 2.87. The number of carbonyl (C=O) groups is 1. The highest BCUT2D eigenvalue weighted by Crippen LogP contribution is 2.33. The van der Waals surface area contributed by atoms with E-state index in [1.165, 1.54) is 18.2 Å². The van der Waals surface area contributed by atoms with Crippen LogP contribution in [0.1, 0.15) is 33.4 Å². The van der Waals surface area contributed by atoms with Crippen molar-refractivity contribution in [1.82, 2.24) is 10.5 Å². The Kier molecular flexibility index (Phi) is 4.02. The number of aromatic nitrogens is 1. The molecule has 1 aromatic carbocycles. The molecule has 0 spiro atoms. The summed E-state index contributed by atoms with van der Waals surface area (Å²) >= 11 is 0. The number of halogens is 3. The summed E-state index contributed by atoms with van der Waals surface area (Å²) in [5.41, 5.74) is 1.20. The van der Waals surface area contributed by atoms with E-state index in [1.807, 2.05) is 5.32 Å². The fourth-order valence-corrected chi connectivity index (χ4v) is 1.79. The van der Waals surface area contributed by atoms with E-state index in [1.54, 1.807) is 26.0 Å². The molecule has 0 bridgehead atoms. The summed E-state index contributed by atoms with van der Waals surface area (Å²) in [5.74, 6) is -1.22. The molecule has 2 aromatic rings. The molecule has 0 unspecified atom stereocenters. The Balaban J connectivity index is 2.25. The predicted molar refractivity (Wildman–Crippen MR) is 68.7 cm³/mol. The summed E-state index contributed by atoms with van der Waals surface area (Å²) in [7, 11) is 0. The molecule has 7 heteroatoms. The number of nitrogens with one attached hydrogen (secondary N) is 1. The molecule has 0 fully saturated rings. The van der Waals surface area contributed by atoms with Crippen molar-refractivity contribution in [3.05, 3.63) is 52.9 Å². The van der Waals surface area contributed by atoms with Crippen LogP contribution in [0.4, 0.5) is 13.2 Å². The summed E-state index contributed by atoms with van der Waals surface area (Å²) < 4.78 is 44.0. The Morgan fingerprint density at radius 3 is 2.33 bits per heavy atom. The van der Waals surface area contributed by atoms with Crippen molar-refractivity contribution in [2.45, 2.75) is 26.1 Å².